The number of pyridine rings is 1. The average molecular weight is 495 g/mol. The van der Waals surface area contributed by atoms with Crippen LogP contribution >= 0.6 is 0 Å². The molecule has 8 nitrogen and oxygen atoms in total. The summed E-state index contributed by atoms with van der Waals surface area (Å²) >= 11 is 0. The molecule has 1 aromatic carbocycles. The van der Waals surface area contributed by atoms with Gasteiger partial charge in [0.25, 0.3) is 0 Å². The molecular weight excluding hydrogens is 456 g/mol. The topological polar surface area (TPSA) is 87.2 Å². The number of carbonyl (C=O) groups is 1. The number of piperazine rings is 1. The molecule has 6 rings (SSSR count). The molecule has 2 aromatic rings. The van der Waals surface area contributed by atoms with Gasteiger partial charge < -0.3 is 24.8 Å². The first kappa shape index (κ1) is 24.1. The van der Waals surface area contributed by atoms with E-state index in [2.05, 4.69) is 46.1 Å². The predicted octanol–water partition coefficient (Wildman–Crippen LogP) is 2.96. The van der Waals surface area contributed by atoms with Gasteiger partial charge in [0.15, 0.2) is 0 Å². The maximum Gasteiger partial charge on any atom is 0.229 e. The minimum Gasteiger partial charge on any atom is -0.389 e. The minimum absolute atomic E-state index is 0.0824. The van der Waals surface area contributed by atoms with Gasteiger partial charge in [-0.3, -0.25) is 9.69 Å². The van der Waals surface area contributed by atoms with E-state index < -0.39 is 6.10 Å². The van der Waals surface area contributed by atoms with Crippen LogP contribution in [0.1, 0.15) is 38.2 Å². The summed E-state index contributed by atoms with van der Waals surface area (Å²) in [5.74, 6) is 0.801. The maximum atomic E-state index is 12.9. The van der Waals surface area contributed by atoms with Crippen LogP contribution in [0.3, 0.4) is 0 Å². The number of fused-ring (bicyclic) bond motifs is 1. The zero-order chi connectivity index (χ0) is 24.9. The molecule has 3 atom stereocenters. The molecule has 3 saturated heterocycles. The van der Waals surface area contributed by atoms with E-state index in [1.807, 2.05) is 12.3 Å². The molecule has 8 heteroatoms. The summed E-state index contributed by atoms with van der Waals surface area (Å²) in [5.41, 5.74) is 2.35. The predicted molar refractivity (Wildman–Crippen MR) is 139 cm³/mol. The van der Waals surface area contributed by atoms with Gasteiger partial charge in [0, 0.05) is 62.6 Å². The van der Waals surface area contributed by atoms with Gasteiger partial charge in [-0.25, -0.2) is 4.98 Å². The first-order chi connectivity index (χ1) is 17.4. The summed E-state index contributed by atoms with van der Waals surface area (Å²) in [7, 11) is 0. The van der Waals surface area contributed by atoms with E-state index in [1.165, 1.54) is 11.3 Å². The number of nitrogens with zero attached hydrogens (tertiary/aromatic N) is 3. The van der Waals surface area contributed by atoms with Crippen molar-refractivity contribution in [2.75, 3.05) is 62.8 Å². The minimum atomic E-state index is -0.422. The van der Waals surface area contributed by atoms with Gasteiger partial charge in [0.05, 0.1) is 24.9 Å². The number of rotatable bonds is 5. The van der Waals surface area contributed by atoms with Crippen LogP contribution in [0.4, 0.5) is 11.5 Å². The molecule has 2 N–H and O–H groups in total. The lowest BCUT2D eigenvalue weighted by atomic mass is 9.89. The summed E-state index contributed by atoms with van der Waals surface area (Å²) < 4.78 is 11.1. The van der Waals surface area contributed by atoms with E-state index in [0.717, 1.165) is 75.8 Å². The summed E-state index contributed by atoms with van der Waals surface area (Å²) in [4.78, 5) is 22.3. The standard InChI is InChI=1S/C28H38N4O4/c1-3-28(18-36-17-24(28)33)32-8-6-31(7-9-32)23-13-20-14-25(29-16-21(20)12-19(23)2)30-26(34)22-15-27(22)4-10-35-11-5-27/h12-14,16,22,24,33H,3-11,15,17-18H2,1-2H3,(H,29,30,34)/t22?,24-,28+/m1/s1. The van der Waals surface area contributed by atoms with Crippen molar-refractivity contribution in [3.63, 3.8) is 0 Å². The van der Waals surface area contributed by atoms with Crippen LogP contribution in [0.25, 0.3) is 10.8 Å². The smallest absolute Gasteiger partial charge is 0.229 e. The van der Waals surface area contributed by atoms with E-state index in [9.17, 15) is 9.90 Å². The number of hydrogen-bond donors (Lipinski definition) is 2. The number of aryl methyl sites for hydroxylation is 1. The zero-order valence-corrected chi connectivity index (χ0v) is 21.5. The number of anilines is 2. The number of nitrogens with one attached hydrogen (secondary N) is 1. The van der Waals surface area contributed by atoms with Crippen molar-refractivity contribution in [3.8, 4) is 0 Å². The third kappa shape index (κ3) is 4.08. The lowest BCUT2D eigenvalue weighted by Gasteiger charge is -2.47. The summed E-state index contributed by atoms with van der Waals surface area (Å²) in [5, 5.41) is 15.9. The number of aromatic nitrogens is 1. The van der Waals surface area contributed by atoms with Gasteiger partial charge >= 0.3 is 0 Å². The second-order valence-electron chi connectivity index (χ2n) is 11.2. The van der Waals surface area contributed by atoms with E-state index in [1.54, 1.807) is 0 Å². The lowest BCUT2D eigenvalue weighted by molar-refractivity contribution is -0.118. The fourth-order valence-corrected chi connectivity index (χ4v) is 6.82. The van der Waals surface area contributed by atoms with Gasteiger partial charge in [0.1, 0.15) is 5.82 Å². The van der Waals surface area contributed by atoms with Crippen molar-refractivity contribution in [2.45, 2.75) is 51.2 Å². The lowest BCUT2D eigenvalue weighted by Crippen LogP contribution is -2.62. The van der Waals surface area contributed by atoms with Crippen LogP contribution < -0.4 is 10.2 Å². The molecular formula is C28H38N4O4. The molecule has 4 fully saturated rings. The Balaban J connectivity index is 1.16. The van der Waals surface area contributed by atoms with E-state index in [4.69, 9.17) is 9.47 Å². The van der Waals surface area contributed by atoms with E-state index in [-0.39, 0.29) is 22.8 Å². The second-order valence-corrected chi connectivity index (χ2v) is 11.2. The van der Waals surface area contributed by atoms with Crippen LogP contribution in [0, 0.1) is 18.3 Å². The third-order valence-electron chi connectivity index (χ3n) is 9.39. The van der Waals surface area contributed by atoms with Gasteiger partial charge in [0.2, 0.25) is 5.91 Å². The molecule has 4 aliphatic rings. The molecule has 1 aromatic heterocycles. The maximum absolute atomic E-state index is 12.9. The number of carbonyl (C=O) groups excluding carboxylic acids is 1. The van der Waals surface area contributed by atoms with Gasteiger partial charge in [-0.2, -0.15) is 0 Å². The zero-order valence-electron chi connectivity index (χ0n) is 21.5. The molecule has 36 heavy (non-hydrogen) atoms. The Kier molecular flexibility index (Phi) is 6.19. The molecule has 1 saturated carbocycles. The molecule has 1 aliphatic carbocycles. The quantitative estimate of drug-likeness (QED) is 0.661. The SMILES string of the molecule is CC[C@]1(N2CCN(c3cc4cc(NC(=O)C5CC56CCOCC6)ncc4cc3C)CC2)COC[C@H]1O. The highest BCUT2D eigenvalue weighted by atomic mass is 16.5. The Morgan fingerprint density at radius 1 is 1.14 bits per heavy atom. The fraction of sp³-hybridized carbons (Fsp3) is 0.643. The molecule has 1 spiro atoms. The van der Waals surface area contributed by atoms with Crippen molar-refractivity contribution in [2.24, 2.45) is 11.3 Å². The van der Waals surface area contributed by atoms with Crippen molar-refractivity contribution in [1.29, 1.82) is 0 Å². The molecule has 194 valence electrons. The van der Waals surface area contributed by atoms with E-state index in [0.29, 0.717) is 19.0 Å². The summed E-state index contributed by atoms with van der Waals surface area (Å²) in [6.45, 7) is 10.5. The molecule has 1 amide bonds. The van der Waals surface area contributed by atoms with Crippen LogP contribution in [0.5, 0.6) is 0 Å². The average Bonchev–Trinajstić information content (AvgIpc) is 3.45. The van der Waals surface area contributed by atoms with Gasteiger partial charge in [-0.1, -0.05) is 6.92 Å². The van der Waals surface area contributed by atoms with Crippen LogP contribution in [-0.2, 0) is 14.3 Å². The first-order valence-electron chi connectivity index (χ1n) is 13.5. The Labute approximate surface area is 212 Å². The molecule has 4 heterocycles. The number of hydrogen-bond acceptors (Lipinski definition) is 7. The molecule has 1 unspecified atom stereocenters. The Morgan fingerprint density at radius 2 is 1.92 bits per heavy atom. The monoisotopic (exact) mass is 494 g/mol. The summed E-state index contributed by atoms with van der Waals surface area (Å²) in [6, 6.07) is 6.43. The number of amides is 1. The molecule has 0 radical (unpaired) electrons. The number of aliphatic hydroxyl groups is 1. The van der Waals surface area contributed by atoms with Crippen molar-refractivity contribution < 1.29 is 19.4 Å². The summed E-state index contributed by atoms with van der Waals surface area (Å²) in [6.07, 6.45) is 5.27. The first-order valence-corrected chi connectivity index (χ1v) is 13.5. The highest BCUT2D eigenvalue weighted by Gasteiger charge is 2.58. The largest absolute Gasteiger partial charge is 0.389 e. The number of benzene rings is 1. The van der Waals surface area contributed by atoms with Gasteiger partial charge in [-0.05, 0) is 67.2 Å². The van der Waals surface area contributed by atoms with Crippen LogP contribution in [0.15, 0.2) is 24.4 Å². The Hall–Kier alpha value is -2.26. The third-order valence-corrected chi connectivity index (χ3v) is 9.39. The Bertz CT molecular complexity index is 1140. The molecule has 0 bridgehead atoms. The molecule has 3 aliphatic heterocycles. The van der Waals surface area contributed by atoms with Crippen LogP contribution in [0.2, 0.25) is 0 Å². The van der Waals surface area contributed by atoms with E-state index >= 15 is 0 Å². The van der Waals surface area contributed by atoms with Crippen LogP contribution in [-0.4, -0.2) is 85.1 Å². The van der Waals surface area contributed by atoms with Crippen molar-refractivity contribution >= 4 is 28.2 Å². The highest BCUT2D eigenvalue weighted by Crippen LogP contribution is 2.59. The normalized spacial score (nSPS) is 30.1. The second kappa shape index (κ2) is 9.24. The van der Waals surface area contributed by atoms with Crippen molar-refractivity contribution in [3.05, 3.63) is 30.0 Å². The fourth-order valence-electron chi connectivity index (χ4n) is 6.82. The number of aliphatic hydroxyl groups excluding tert-OH is 1. The Morgan fingerprint density at radius 3 is 2.61 bits per heavy atom. The highest BCUT2D eigenvalue weighted by molar-refractivity contribution is 5.97. The van der Waals surface area contributed by atoms with Gasteiger partial charge in [-0.15, -0.1) is 0 Å². The van der Waals surface area contributed by atoms with Crippen molar-refractivity contribution in [1.82, 2.24) is 9.88 Å². The number of ether oxygens (including phenoxy) is 2.